The van der Waals surface area contributed by atoms with E-state index in [1.807, 2.05) is 108 Å². The van der Waals surface area contributed by atoms with E-state index in [1.165, 1.54) is 0 Å². The number of fused-ring (bicyclic) bond motifs is 20. The molecule has 7 aromatic rings. The average Bonchev–Trinajstić information content (AvgIpc) is 3.86. The Morgan fingerprint density at radius 2 is 0.800 bits per heavy atom. The van der Waals surface area contributed by atoms with Gasteiger partial charge in [0.2, 0.25) is 0 Å². The number of nitrogens with one attached hydrogen (secondary N) is 2. The SMILES string of the molecule is CC(C)Oc1ccc2c(c1)-c1nc-2nc2[nH]c(nc3nc(nc4[nH]c(n1)c1cc(OCO)ccc41)-c1ccc(OC(C)C)cc1-3)c1cc(OC(C)C)ccc21. The minimum Gasteiger partial charge on any atom is -0.491 e. The van der Waals surface area contributed by atoms with Gasteiger partial charge in [0.15, 0.2) is 30.1 Å². The first-order valence-corrected chi connectivity index (χ1v) is 18.2. The summed E-state index contributed by atoms with van der Waals surface area (Å²) >= 11 is 0. The molecule has 0 spiro atoms. The first-order valence-electron chi connectivity index (χ1n) is 18.2. The fourth-order valence-electron chi connectivity index (χ4n) is 6.91. The molecule has 0 saturated heterocycles. The van der Waals surface area contributed by atoms with Gasteiger partial charge in [0.25, 0.3) is 0 Å². The van der Waals surface area contributed by atoms with Gasteiger partial charge in [-0.1, -0.05) is 0 Å². The molecule has 13 heteroatoms. The molecule has 5 heterocycles. The van der Waals surface area contributed by atoms with Gasteiger partial charge in [0.05, 0.1) is 18.3 Å². The summed E-state index contributed by atoms with van der Waals surface area (Å²) in [7, 11) is 0. The number of aliphatic hydroxyl groups excluding tert-OH is 1. The van der Waals surface area contributed by atoms with Crippen LogP contribution >= 0.6 is 0 Å². The Labute approximate surface area is 315 Å². The fraction of sp³-hybridized carbons (Fsp3) is 0.238. The quantitative estimate of drug-likeness (QED) is 0.128. The van der Waals surface area contributed by atoms with Gasteiger partial charge in [0, 0.05) is 43.8 Å². The Balaban J connectivity index is 1.42. The average molecular weight is 735 g/mol. The summed E-state index contributed by atoms with van der Waals surface area (Å²) in [5, 5.41) is 12.7. The maximum atomic E-state index is 9.56. The Morgan fingerprint density at radius 3 is 1.24 bits per heavy atom. The predicted molar refractivity (Wildman–Crippen MR) is 211 cm³/mol. The lowest BCUT2D eigenvalue weighted by atomic mass is 10.1. The molecular formula is C42H38N8O5. The van der Waals surface area contributed by atoms with Crippen LogP contribution in [0.25, 0.3) is 89.7 Å². The van der Waals surface area contributed by atoms with E-state index in [2.05, 4.69) is 9.97 Å². The number of aromatic nitrogens is 8. The van der Waals surface area contributed by atoms with Crippen LogP contribution in [0.4, 0.5) is 0 Å². The third-order valence-corrected chi connectivity index (χ3v) is 9.06. The molecular weight excluding hydrogens is 697 g/mol. The van der Waals surface area contributed by atoms with Gasteiger partial charge in [-0.2, -0.15) is 0 Å². The normalized spacial score (nSPS) is 12.1. The zero-order valence-electron chi connectivity index (χ0n) is 31.1. The monoisotopic (exact) mass is 734 g/mol. The molecule has 0 amide bonds. The number of nitrogens with zero attached hydrogens (tertiary/aromatic N) is 6. The van der Waals surface area contributed by atoms with Crippen molar-refractivity contribution in [2.75, 3.05) is 6.79 Å². The Kier molecular flexibility index (Phi) is 8.30. The van der Waals surface area contributed by atoms with E-state index in [-0.39, 0.29) is 18.3 Å². The largest absolute Gasteiger partial charge is 0.491 e. The van der Waals surface area contributed by atoms with E-state index in [4.69, 9.17) is 48.9 Å². The number of hydrogen-bond donors (Lipinski definition) is 3. The number of ether oxygens (including phenoxy) is 4. The second kappa shape index (κ2) is 13.4. The molecule has 0 saturated carbocycles. The zero-order valence-corrected chi connectivity index (χ0v) is 31.1. The van der Waals surface area contributed by atoms with Crippen LogP contribution in [0.15, 0.2) is 72.8 Å². The first-order chi connectivity index (χ1) is 26.6. The second-order valence-corrected chi connectivity index (χ2v) is 14.2. The van der Waals surface area contributed by atoms with Crippen molar-refractivity contribution >= 4 is 44.1 Å². The van der Waals surface area contributed by atoms with Crippen molar-refractivity contribution in [1.29, 1.82) is 0 Å². The standard InChI is InChI=1S/C42H38N8O5/c1-20(2)53-24-8-12-28-32(16-24)40-46-37(28)44-38-30-14-10-26(55-22(5)6)18-34(30)42(48-38)50-41-33-17-25(54-21(3)4)9-13-29(33)36(47-41)43-35-27-11-7-23(52-19-51)15-31(27)39(45-35)49-40/h7-18,20-22,51H,19H2,1-6H3,(H2,43,44,45,46,47,48,49,50). The zero-order chi connectivity index (χ0) is 38.0. The van der Waals surface area contributed by atoms with Crippen LogP contribution in [0, 0.1) is 0 Å². The lowest BCUT2D eigenvalue weighted by Crippen LogP contribution is -2.05. The van der Waals surface area contributed by atoms with Gasteiger partial charge >= 0.3 is 0 Å². The molecule has 4 aromatic carbocycles. The summed E-state index contributed by atoms with van der Waals surface area (Å²) in [6.07, 6.45) is -0.0871. The van der Waals surface area contributed by atoms with Crippen molar-refractivity contribution in [2.45, 2.75) is 59.9 Å². The lowest BCUT2D eigenvalue weighted by molar-refractivity contribution is 0.0987. The molecule has 13 nitrogen and oxygen atoms in total. The Morgan fingerprint density at radius 1 is 0.436 bits per heavy atom. The van der Waals surface area contributed by atoms with Crippen LogP contribution in [-0.2, 0) is 0 Å². The third kappa shape index (κ3) is 6.31. The van der Waals surface area contributed by atoms with Crippen LogP contribution in [0.1, 0.15) is 41.5 Å². The molecule has 0 atom stereocenters. The van der Waals surface area contributed by atoms with Crippen molar-refractivity contribution in [3.8, 4) is 68.5 Å². The number of H-pyrrole nitrogens is 2. The molecule has 0 unspecified atom stereocenters. The molecule has 3 aromatic heterocycles. The van der Waals surface area contributed by atoms with E-state index in [9.17, 15) is 5.11 Å². The fourth-order valence-corrected chi connectivity index (χ4v) is 6.91. The number of aliphatic hydroxyl groups is 1. The molecule has 55 heavy (non-hydrogen) atoms. The van der Waals surface area contributed by atoms with Crippen LogP contribution in [0.2, 0.25) is 0 Å². The predicted octanol–water partition coefficient (Wildman–Crippen LogP) is 8.56. The topological polar surface area (TPSA) is 166 Å². The van der Waals surface area contributed by atoms with Gasteiger partial charge in [-0.05, 0) is 114 Å². The molecule has 0 radical (unpaired) electrons. The minimum atomic E-state index is -0.475. The summed E-state index contributed by atoms with van der Waals surface area (Å²) in [5.41, 5.74) is 5.23. The van der Waals surface area contributed by atoms with Crippen LogP contribution < -0.4 is 18.9 Å². The number of hydrogen-bond acceptors (Lipinski definition) is 11. The molecule has 9 rings (SSSR count). The smallest absolute Gasteiger partial charge is 0.186 e. The second-order valence-electron chi connectivity index (χ2n) is 14.2. The molecule has 0 aliphatic carbocycles. The van der Waals surface area contributed by atoms with E-state index in [0.29, 0.717) is 74.3 Å². The number of aromatic amines is 2. The van der Waals surface area contributed by atoms with Crippen LogP contribution in [0.3, 0.4) is 0 Å². The molecule has 8 bridgehead atoms. The van der Waals surface area contributed by atoms with Gasteiger partial charge in [0.1, 0.15) is 45.6 Å². The van der Waals surface area contributed by atoms with Gasteiger partial charge < -0.3 is 34.0 Å². The van der Waals surface area contributed by atoms with E-state index < -0.39 is 6.79 Å². The summed E-state index contributed by atoms with van der Waals surface area (Å²) < 4.78 is 23.8. The highest BCUT2D eigenvalue weighted by atomic mass is 16.6. The molecule has 2 aliphatic heterocycles. The van der Waals surface area contributed by atoms with Gasteiger partial charge in [-0.15, -0.1) is 0 Å². The van der Waals surface area contributed by atoms with Crippen molar-refractivity contribution in [3.05, 3.63) is 72.8 Å². The first kappa shape index (κ1) is 34.2. The Hall–Kier alpha value is -6.60. The molecule has 276 valence electrons. The Bertz CT molecular complexity index is 2820. The summed E-state index contributed by atoms with van der Waals surface area (Å²) in [6, 6.07) is 23.0. The maximum absolute atomic E-state index is 9.56. The van der Waals surface area contributed by atoms with Gasteiger partial charge in [-0.25, -0.2) is 29.9 Å². The molecule has 2 aliphatic rings. The van der Waals surface area contributed by atoms with Crippen molar-refractivity contribution in [2.24, 2.45) is 0 Å². The van der Waals surface area contributed by atoms with E-state index in [1.54, 1.807) is 6.07 Å². The lowest BCUT2D eigenvalue weighted by Gasteiger charge is -2.10. The number of rotatable bonds is 8. The molecule has 3 N–H and O–H groups in total. The summed E-state index contributed by atoms with van der Waals surface area (Å²) in [4.78, 5) is 37.5. The van der Waals surface area contributed by atoms with Crippen molar-refractivity contribution in [1.82, 2.24) is 39.9 Å². The third-order valence-electron chi connectivity index (χ3n) is 9.06. The minimum absolute atomic E-state index is 0.0236. The van der Waals surface area contributed by atoms with Gasteiger partial charge in [-0.3, -0.25) is 0 Å². The number of benzene rings is 4. The van der Waals surface area contributed by atoms with Crippen LogP contribution in [0.5, 0.6) is 23.0 Å². The van der Waals surface area contributed by atoms with Crippen molar-refractivity contribution < 1.29 is 24.1 Å². The highest BCUT2D eigenvalue weighted by Gasteiger charge is 2.24. The molecule has 0 fully saturated rings. The van der Waals surface area contributed by atoms with Crippen LogP contribution in [-0.4, -0.2) is 70.1 Å². The maximum Gasteiger partial charge on any atom is 0.186 e. The highest BCUT2D eigenvalue weighted by Crippen LogP contribution is 2.40. The summed E-state index contributed by atoms with van der Waals surface area (Å²) in [6.45, 7) is 11.5. The van der Waals surface area contributed by atoms with Crippen molar-refractivity contribution in [3.63, 3.8) is 0 Å². The van der Waals surface area contributed by atoms with E-state index >= 15 is 0 Å². The highest BCUT2D eigenvalue weighted by molar-refractivity contribution is 6.07. The summed E-state index contributed by atoms with van der Waals surface area (Å²) in [5.74, 6) is 4.37. The van der Waals surface area contributed by atoms with E-state index in [0.717, 1.165) is 38.4 Å².